The second-order valence-corrected chi connectivity index (χ2v) is 4.25. The molecule has 0 aliphatic rings. The lowest BCUT2D eigenvalue weighted by Gasteiger charge is -2.18. The Morgan fingerprint density at radius 2 is 1.83 bits per heavy atom. The minimum atomic E-state index is 0.885. The van der Waals surface area contributed by atoms with Crippen molar-refractivity contribution in [3.8, 4) is 0 Å². The van der Waals surface area contributed by atoms with Crippen LogP contribution in [0.5, 0.6) is 0 Å². The molecule has 0 spiro atoms. The van der Waals surface area contributed by atoms with Crippen LogP contribution in [0.1, 0.15) is 25.8 Å². The van der Waals surface area contributed by atoms with Gasteiger partial charge in [0.2, 0.25) is 0 Å². The van der Waals surface area contributed by atoms with E-state index in [1.165, 1.54) is 0 Å². The summed E-state index contributed by atoms with van der Waals surface area (Å²) < 4.78 is 0. The van der Waals surface area contributed by atoms with E-state index in [-0.39, 0.29) is 0 Å². The van der Waals surface area contributed by atoms with Crippen molar-refractivity contribution in [2.45, 2.75) is 27.2 Å². The predicted octanol–water partition coefficient (Wildman–Crippen LogP) is 1.97. The lowest BCUT2D eigenvalue weighted by molar-refractivity contribution is 0.303. The topological polar surface area (TPSA) is 53.1 Å². The fourth-order valence-electron chi connectivity index (χ4n) is 1.93. The summed E-state index contributed by atoms with van der Waals surface area (Å²) in [6, 6.07) is 0. The quantitative estimate of drug-likeness (QED) is 0.692. The highest BCUT2D eigenvalue weighted by molar-refractivity contribution is 5.55. The summed E-state index contributed by atoms with van der Waals surface area (Å²) >= 11 is 0. The average molecular weight is 251 g/mol. The van der Waals surface area contributed by atoms with Crippen LogP contribution in [0, 0.1) is 6.92 Å². The van der Waals surface area contributed by atoms with Gasteiger partial charge in [0.05, 0.1) is 0 Å². The molecule has 0 radical (unpaired) electrons. The lowest BCUT2D eigenvalue weighted by Crippen LogP contribution is -2.25. The van der Waals surface area contributed by atoms with Gasteiger partial charge in [-0.05, 0) is 33.0 Å². The van der Waals surface area contributed by atoms with Crippen molar-refractivity contribution in [2.24, 2.45) is 0 Å². The number of anilines is 2. The molecule has 5 heteroatoms. The van der Waals surface area contributed by atoms with Crippen molar-refractivity contribution in [3.63, 3.8) is 0 Å². The van der Waals surface area contributed by atoms with Gasteiger partial charge in [-0.25, -0.2) is 9.97 Å². The maximum Gasteiger partial charge on any atom is 0.134 e. The summed E-state index contributed by atoms with van der Waals surface area (Å²) in [7, 11) is 1.87. The van der Waals surface area contributed by atoms with Crippen LogP contribution in [0.2, 0.25) is 0 Å². The standard InChI is InChI=1S/C13H25N5/c1-5-18(6-2)9-7-8-15-13-11(3)12(14-4)16-10-17-13/h10H,5-9H2,1-4H3,(H2,14,15,16,17). The minimum Gasteiger partial charge on any atom is -0.373 e. The van der Waals surface area contributed by atoms with Gasteiger partial charge in [-0.1, -0.05) is 13.8 Å². The highest BCUT2D eigenvalue weighted by Gasteiger charge is 2.05. The number of nitrogens with one attached hydrogen (secondary N) is 2. The van der Waals surface area contributed by atoms with Crippen LogP contribution < -0.4 is 10.6 Å². The smallest absolute Gasteiger partial charge is 0.134 e. The zero-order chi connectivity index (χ0) is 13.4. The van der Waals surface area contributed by atoms with Crippen LogP contribution in [0.3, 0.4) is 0 Å². The first-order valence-corrected chi connectivity index (χ1v) is 6.68. The number of nitrogens with zero attached hydrogens (tertiary/aromatic N) is 3. The van der Waals surface area contributed by atoms with Crippen LogP contribution in [0.25, 0.3) is 0 Å². The molecule has 0 aliphatic heterocycles. The van der Waals surface area contributed by atoms with Crippen LogP contribution in [0.4, 0.5) is 11.6 Å². The van der Waals surface area contributed by atoms with E-state index in [2.05, 4.69) is 39.3 Å². The summed E-state index contributed by atoms with van der Waals surface area (Å²) in [5, 5.41) is 6.44. The molecule has 0 aromatic carbocycles. The molecule has 1 aromatic rings. The SMILES string of the molecule is CCN(CC)CCCNc1ncnc(NC)c1C. The van der Waals surface area contributed by atoms with Crippen molar-refractivity contribution < 1.29 is 0 Å². The summed E-state index contributed by atoms with van der Waals surface area (Å²) in [6.45, 7) is 10.7. The van der Waals surface area contributed by atoms with Gasteiger partial charge in [-0.2, -0.15) is 0 Å². The Morgan fingerprint density at radius 3 is 2.44 bits per heavy atom. The van der Waals surface area contributed by atoms with E-state index >= 15 is 0 Å². The first-order valence-electron chi connectivity index (χ1n) is 6.68. The molecule has 0 atom stereocenters. The van der Waals surface area contributed by atoms with Crippen molar-refractivity contribution in [1.82, 2.24) is 14.9 Å². The first kappa shape index (κ1) is 14.7. The highest BCUT2D eigenvalue weighted by Crippen LogP contribution is 2.17. The third-order valence-electron chi connectivity index (χ3n) is 3.16. The molecular weight excluding hydrogens is 226 g/mol. The van der Waals surface area contributed by atoms with Gasteiger partial charge in [-0.3, -0.25) is 0 Å². The van der Waals surface area contributed by atoms with Gasteiger partial charge in [0, 0.05) is 19.2 Å². The fourth-order valence-corrected chi connectivity index (χ4v) is 1.93. The molecule has 0 fully saturated rings. The molecule has 0 aliphatic carbocycles. The second-order valence-electron chi connectivity index (χ2n) is 4.25. The van der Waals surface area contributed by atoms with Gasteiger partial charge < -0.3 is 15.5 Å². The molecule has 5 nitrogen and oxygen atoms in total. The number of hydrogen-bond acceptors (Lipinski definition) is 5. The predicted molar refractivity (Wildman–Crippen MR) is 77.2 cm³/mol. The van der Waals surface area contributed by atoms with E-state index in [1.807, 2.05) is 14.0 Å². The molecule has 1 aromatic heterocycles. The summed E-state index contributed by atoms with van der Waals surface area (Å²) in [4.78, 5) is 10.9. The van der Waals surface area contributed by atoms with Crippen LogP contribution >= 0.6 is 0 Å². The molecule has 102 valence electrons. The maximum absolute atomic E-state index is 4.27. The highest BCUT2D eigenvalue weighted by atomic mass is 15.1. The summed E-state index contributed by atoms with van der Waals surface area (Å²) in [6.07, 6.45) is 2.71. The summed E-state index contributed by atoms with van der Waals surface area (Å²) in [5.74, 6) is 1.81. The van der Waals surface area contributed by atoms with Gasteiger partial charge in [0.15, 0.2) is 0 Å². The molecule has 0 bridgehead atoms. The normalized spacial score (nSPS) is 10.7. The second kappa shape index (κ2) is 7.87. The summed E-state index contributed by atoms with van der Waals surface area (Å²) in [5.41, 5.74) is 1.07. The van der Waals surface area contributed by atoms with Crippen LogP contribution in [0.15, 0.2) is 6.33 Å². The minimum absolute atomic E-state index is 0.885. The maximum atomic E-state index is 4.27. The molecule has 1 rings (SSSR count). The van der Waals surface area contributed by atoms with Crippen LogP contribution in [-0.2, 0) is 0 Å². The molecular formula is C13H25N5. The zero-order valence-electron chi connectivity index (χ0n) is 12.0. The van der Waals surface area contributed by atoms with E-state index in [4.69, 9.17) is 0 Å². The first-order chi connectivity index (χ1) is 8.72. The van der Waals surface area contributed by atoms with E-state index in [1.54, 1.807) is 6.33 Å². The van der Waals surface area contributed by atoms with Gasteiger partial charge in [-0.15, -0.1) is 0 Å². The van der Waals surface area contributed by atoms with Crippen molar-refractivity contribution in [3.05, 3.63) is 11.9 Å². The molecule has 2 N–H and O–H groups in total. The van der Waals surface area contributed by atoms with E-state index in [0.717, 1.165) is 49.8 Å². The van der Waals surface area contributed by atoms with E-state index in [9.17, 15) is 0 Å². The largest absolute Gasteiger partial charge is 0.373 e. The Morgan fingerprint density at radius 1 is 1.17 bits per heavy atom. The van der Waals surface area contributed by atoms with Crippen molar-refractivity contribution >= 4 is 11.6 Å². The Kier molecular flexibility index (Phi) is 6.43. The van der Waals surface area contributed by atoms with Crippen molar-refractivity contribution in [2.75, 3.05) is 43.9 Å². The fraction of sp³-hybridized carbons (Fsp3) is 0.692. The average Bonchev–Trinajstić information content (AvgIpc) is 2.40. The molecule has 0 amide bonds. The van der Waals surface area contributed by atoms with E-state index < -0.39 is 0 Å². The molecule has 0 unspecified atom stereocenters. The van der Waals surface area contributed by atoms with E-state index in [0.29, 0.717) is 0 Å². The molecule has 1 heterocycles. The Hall–Kier alpha value is -1.36. The third-order valence-corrected chi connectivity index (χ3v) is 3.16. The van der Waals surface area contributed by atoms with Gasteiger partial charge in [0.1, 0.15) is 18.0 Å². The monoisotopic (exact) mass is 251 g/mol. The Balaban J connectivity index is 2.40. The Labute approximate surface area is 110 Å². The molecule has 0 saturated heterocycles. The molecule has 0 saturated carbocycles. The van der Waals surface area contributed by atoms with Gasteiger partial charge >= 0.3 is 0 Å². The zero-order valence-corrected chi connectivity index (χ0v) is 12.0. The van der Waals surface area contributed by atoms with Gasteiger partial charge in [0.25, 0.3) is 0 Å². The lowest BCUT2D eigenvalue weighted by atomic mass is 10.3. The van der Waals surface area contributed by atoms with Crippen LogP contribution in [-0.4, -0.2) is 48.1 Å². The van der Waals surface area contributed by atoms with Crippen molar-refractivity contribution in [1.29, 1.82) is 0 Å². The number of aromatic nitrogens is 2. The number of hydrogen-bond donors (Lipinski definition) is 2. The third kappa shape index (κ3) is 4.14. The molecule has 18 heavy (non-hydrogen) atoms. The Bertz CT molecular complexity index is 349. The number of rotatable bonds is 8.